The Morgan fingerprint density at radius 3 is 2.70 bits per heavy atom. The van der Waals surface area contributed by atoms with Crippen LogP contribution in [0, 0.1) is 6.92 Å². The molecule has 160 valence electrons. The van der Waals surface area contributed by atoms with Gasteiger partial charge in [-0.1, -0.05) is 29.3 Å². The third-order valence-electron chi connectivity index (χ3n) is 4.15. The second-order valence-electron chi connectivity index (χ2n) is 6.35. The summed E-state index contributed by atoms with van der Waals surface area (Å²) in [5.41, 5.74) is -0.849. The fraction of sp³-hybridized carbons (Fsp3) is 0.278. The van der Waals surface area contributed by atoms with Gasteiger partial charge in [-0.3, -0.25) is 9.48 Å². The largest absolute Gasteiger partial charge is 0.471 e. The standard InChI is InChI=1S/C18H16Cl2F3N5O2/c1-10-15(20)16(18(21,22)23)26-28(10)11(2)17(29)25-13-7-24-27(8-13)9-30-14-5-3-4-12(19)6-14/h3-8,11H,9H2,1-2H3,(H,25,29). The number of benzene rings is 1. The quantitative estimate of drug-likeness (QED) is 0.563. The maximum Gasteiger partial charge on any atom is 0.436 e. The lowest BCUT2D eigenvalue weighted by molar-refractivity contribution is -0.141. The van der Waals surface area contributed by atoms with Crippen molar-refractivity contribution in [2.75, 3.05) is 5.32 Å². The van der Waals surface area contributed by atoms with Gasteiger partial charge in [0.05, 0.1) is 28.8 Å². The molecule has 0 aliphatic heterocycles. The minimum atomic E-state index is -4.71. The van der Waals surface area contributed by atoms with Gasteiger partial charge in [-0.15, -0.1) is 0 Å². The van der Waals surface area contributed by atoms with Crippen molar-refractivity contribution in [2.24, 2.45) is 0 Å². The number of hydrogen-bond donors (Lipinski definition) is 1. The summed E-state index contributed by atoms with van der Waals surface area (Å²) in [6.07, 6.45) is -1.82. The molecule has 0 saturated heterocycles. The lowest BCUT2D eigenvalue weighted by atomic mass is 10.3. The number of amides is 1. The Balaban J connectivity index is 1.65. The molecule has 1 aromatic carbocycles. The highest BCUT2D eigenvalue weighted by molar-refractivity contribution is 6.32. The first-order valence-electron chi connectivity index (χ1n) is 8.59. The van der Waals surface area contributed by atoms with E-state index < -0.39 is 28.8 Å². The lowest BCUT2D eigenvalue weighted by Gasteiger charge is -2.13. The van der Waals surface area contributed by atoms with Gasteiger partial charge in [0, 0.05) is 5.02 Å². The van der Waals surface area contributed by atoms with Crippen LogP contribution >= 0.6 is 23.2 Å². The monoisotopic (exact) mass is 461 g/mol. The number of rotatable bonds is 6. The number of nitrogens with one attached hydrogen (secondary N) is 1. The fourth-order valence-electron chi connectivity index (χ4n) is 2.61. The number of anilines is 1. The summed E-state index contributed by atoms with van der Waals surface area (Å²) >= 11 is 11.6. The molecule has 1 amide bonds. The SMILES string of the molecule is Cc1c(Cl)c(C(F)(F)F)nn1C(C)C(=O)Nc1cnn(COc2cccc(Cl)c2)c1. The first-order valence-corrected chi connectivity index (χ1v) is 9.35. The lowest BCUT2D eigenvalue weighted by Crippen LogP contribution is -2.25. The number of nitrogens with zero attached hydrogens (tertiary/aromatic N) is 4. The van der Waals surface area contributed by atoms with Crippen LogP contribution in [0.15, 0.2) is 36.7 Å². The molecule has 3 rings (SSSR count). The van der Waals surface area contributed by atoms with Gasteiger partial charge >= 0.3 is 6.18 Å². The van der Waals surface area contributed by atoms with Gasteiger partial charge < -0.3 is 10.1 Å². The van der Waals surface area contributed by atoms with Crippen molar-refractivity contribution in [3.05, 3.63) is 58.1 Å². The second kappa shape index (κ2) is 8.57. The van der Waals surface area contributed by atoms with Crippen molar-refractivity contribution in [1.82, 2.24) is 19.6 Å². The van der Waals surface area contributed by atoms with E-state index in [4.69, 9.17) is 27.9 Å². The predicted molar refractivity (Wildman–Crippen MR) is 105 cm³/mol. The molecular weight excluding hydrogens is 446 g/mol. The number of aromatic nitrogens is 4. The molecule has 0 spiro atoms. The maximum atomic E-state index is 13.0. The molecule has 0 radical (unpaired) electrons. The van der Waals surface area contributed by atoms with Crippen molar-refractivity contribution < 1.29 is 22.7 Å². The Hall–Kier alpha value is -2.72. The van der Waals surface area contributed by atoms with E-state index in [1.807, 2.05) is 0 Å². The van der Waals surface area contributed by atoms with Gasteiger partial charge in [-0.2, -0.15) is 23.4 Å². The third kappa shape index (κ3) is 4.88. The number of carbonyl (C=O) groups is 1. The molecule has 2 heterocycles. The minimum absolute atomic E-state index is 0.0391. The summed E-state index contributed by atoms with van der Waals surface area (Å²) in [4.78, 5) is 12.5. The molecule has 30 heavy (non-hydrogen) atoms. The van der Waals surface area contributed by atoms with Crippen LogP contribution in [0.25, 0.3) is 0 Å². The summed E-state index contributed by atoms with van der Waals surface area (Å²) in [5, 5.41) is 10.1. The molecule has 1 unspecified atom stereocenters. The van der Waals surface area contributed by atoms with Crippen LogP contribution in [0.1, 0.15) is 24.4 Å². The summed E-state index contributed by atoms with van der Waals surface area (Å²) < 4.78 is 46.9. The van der Waals surface area contributed by atoms with Crippen LogP contribution in [0.5, 0.6) is 5.75 Å². The number of halogens is 5. The van der Waals surface area contributed by atoms with Crippen LogP contribution in [-0.4, -0.2) is 25.5 Å². The Labute approximate surface area is 179 Å². The van der Waals surface area contributed by atoms with E-state index in [9.17, 15) is 18.0 Å². The zero-order chi connectivity index (χ0) is 22.1. The zero-order valence-electron chi connectivity index (χ0n) is 15.7. The summed E-state index contributed by atoms with van der Waals surface area (Å²) in [7, 11) is 0. The van der Waals surface area contributed by atoms with Crippen molar-refractivity contribution in [1.29, 1.82) is 0 Å². The Kier molecular flexibility index (Phi) is 6.27. The molecule has 12 heteroatoms. The smallest absolute Gasteiger partial charge is 0.436 e. The van der Waals surface area contributed by atoms with E-state index >= 15 is 0 Å². The summed E-state index contributed by atoms with van der Waals surface area (Å²) in [6, 6.07) is 5.78. The molecule has 1 N–H and O–H groups in total. The highest BCUT2D eigenvalue weighted by atomic mass is 35.5. The van der Waals surface area contributed by atoms with Gasteiger partial charge in [0.15, 0.2) is 12.4 Å². The van der Waals surface area contributed by atoms with Gasteiger partial charge in [0.2, 0.25) is 5.91 Å². The molecule has 0 saturated carbocycles. The number of hydrogen-bond acceptors (Lipinski definition) is 4. The molecule has 3 aromatic rings. The van der Waals surface area contributed by atoms with E-state index in [1.54, 1.807) is 24.3 Å². The van der Waals surface area contributed by atoms with Crippen molar-refractivity contribution in [3.63, 3.8) is 0 Å². The Morgan fingerprint density at radius 2 is 2.07 bits per heavy atom. The molecule has 0 bridgehead atoms. The van der Waals surface area contributed by atoms with Crippen LogP contribution in [0.4, 0.5) is 18.9 Å². The first-order chi connectivity index (χ1) is 14.1. The van der Waals surface area contributed by atoms with Crippen LogP contribution in [-0.2, 0) is 17.7 Å². The molecule has 0 aliphatic carbocycles. The molecular formula is C18H16Cl2F3N5O2. The molecule has 1 atom stereocenters. The number of carbonyl (C=O) groups excluding carboxylic acids is 1. The first kappa shape index (κ1) is 22.0. The molecule has 0 fully saturated rings. The maximum absolute atomic E-state index is 13.0. The van der Waals surface area contributed by atoms with E-state index in [0.29, 0.717) is 16.5 Å². The van der Waals surface area contributed by atoms with E-state index in [0.717, 1.165) is 4.68 Å². The van der Waals surface area contributed by atoms with E-state index in [-0.39, 0.29) is 12.4 Å². The van der Waals surface area contributed by atoms with Crippen molar-refractivity contribution in [2.45, 2.75) is 32.8 Å². The molecule has 7 nitrogen and oxygen atoms in total. The van der Waals surface area contributed by atoms with Gasteiger partial charge in [0.25, 0.3) is 0 Å². The number of ether oxygens (including phenoxy) is 1. The summed E-state index contributed by atoms with van der Waals surface area (Å²) in [6.45, 7) is 2.84. The predicted octanol–water partition coefficient (Wildman–Crippen LogP) is 4.95. The Morgan fingerprint density at radius 1 is 1.33 bits per heavy atom. The topological polar surface area (TPSA) is 74.0 Å². The normalized spacial score (nSPS) is 12.6. The average molecular weight is 462 g/mol. The molecule has 2 aromatic heterocycles. The minimum Gasteiger partial charge on any atom is -0.471 e. The Bertz CT molecular complexity index is 1060. The van der Waals surface area contributed by atoms with E-state index in [2.05, 4.69) is 15.5 Å². The van der Waals surface area contributed by atoms with Crippen molar-refractivity contribution in [3.8, 4) is 5.75 Å². The zero-order valence-corrected chi connectivity index (χ0v) is 17.3. The van der Waals surface area contributed by atoms with Crippen molar-refractivity contribution >= 4 is 34.8 Å². The molecule has 0 aliphatic rings. The third-order valence-corrected chi connectivity index (χ3v) is 4.84. The second-order valence-corrected chi connectivity index (χ2v) is 7.17. The van der Waals surface area contributed by atoms with Crippen LogP contribution < -0.4 is 10.1 Å². The summed E-state index contributed by atoms with van der Waals surface area (Å²) in [5.74, 6) is -0.0370. The fourth-order valence-corrected chi connectivity index (χ4v) is 3.02. The van der Waals surface area contributed by atoms with Gasteiger partial charge in [0.1, 0.15) is 11.8 Å². The van der Waals surface area contributed by atoms with Crippen LogP contribution in [0.2, 0.25) is 10.0 Å². The van der Waals surface area contributed by atoms with Crippen LogP contribution in [0.3, 0.4) is 0 Å². The number of alkyl halides is 3. The highest BCUT2D eigenvalue weighted by Crippen LogP contribution is 2.36. The van der Waals surface area contributed by atoms with Gasteiger partial charge in [-0.05, 0) is 32.0 Å². The average Bonchev–Trinajstić information content (AvgIpc) is 3.24. The highest BCUT2D eigenvalue weighted by Gasteiger charge is 2.39. The van der Waals surface area contributed by atoms with E-state index in [1.165, 1.54) is 30.9 Å². The van der Waals surface area contributed by atoms with Gasteiger partial charge in [-0.25, -0.2) is 4.68 Å².